The fourth-order valence-electron chi connectivity index (χ4n) is 0.937. The Morgan fingerprint density at radius 3 is 2.36 bits per heavy atom. The Hall–Kier alpha value is -0.340. The molecule has 2 heteroatoms. The lowest BCUT2D eigenvalue weighted by Gasteiger charge is -2.03. The molecule has 0 aliphatic carbocycles. The average Bonchev–Trinajstić information content (AvgIpc) is 2.04. The quantitative estimate of drug-likeness (QED) is 0.435. The lowest BCUT2D eigenvalue weighted by molar-refractivity contribution is 0.207. The molecule has 0 aromatic rings. The number of aliphatic hydroxyl groups is 2. The summed E-state index contributed by atoms with van der Waals surface area (Å²) in [7, 11) is 0. The van der Waals surface area contributed by atoms with E-state index in [-0.39, 0.29) is 12.7 Å². The van der Waals surface area contributed by atoms with Crippen LogP contribution in [0.2, 0.25) is 0 Å². The van der Waals surface area contributed by atoms with Gasteiger partial charge in [0.05, 0.1) is 6.10 Å². The van der Waals surface area contributed by atoms with Crippen molar-refractivity contribution in [2.75, 3.05) is 6.61 Å². The summed E-state index contributed by atoms with van der Waals surface area (Å²) in [5, 5.41) is 17.5. The highest BCUT2D eigenvalue weighted by Gasteiger charge is 1.96. The molecule has 0 aliphatic heterocycles. The van der Waals surface area contributed by atoms with Gasteiger partial charge in [0, 0.05) is 6.61 Å². The topological polar surface area (TPSA) is 40.5 Å². The second kappa shape index (κ2) is 7.76. The molecule has 0 bridgehead atoms. The molecule has 0 aromatic carbocycles. The third-order valence-corrected chi connectivity index (χ3v) is 1.68. The Balaban J connectivity index is 2.95. The zero-order valence-corrected chi connectivity index (χ0v) is 7.00. The molecule has 0 fully saturated rings. The van der Waals surface area contributed by atoms with E-state index in [0.717, 1.165) is 32.1 Å². The van der Waals surface area contributed by atoms with Gasteiger partial charge in [0.25, 0.3) is 0 Å². The van der Waals surface area contributed by atoms with Crippen LogP contribution in [-0.2, 0) is 0 Å². The Kier molecular flexibility index (Phi) is 7.52. The number of hydrogen-bond donors (Lipinski definition) is 2. The van der Waals surface area contributed by atoms with Crippen LogP contribution < -0.4 is 0 Å². The zero-order valence-electron chi connectivity index (χ0n) is 7.00. The Morgan fingerprint density at radius 1 is 1.18 bits per heavy atom. The predicted molar refractivity (Wildman–Crippen MR) is 46.4 cm³/mol. The van der Waals surface area contributed by atoms with Gasteiger partial charge in [-0.2, -0.15) is 0 Å². The summed E-state index contributed by atoms with van der Waals surface area (Å²) in [5.74, 6) is 0. The largest absolute Gasteiger partial charge is 0.396 e. The van der Waals surface area contributed by atoms with Gasteiger partial charge in [0.15, 0.2) is 0 Å². The van der Waals surface area contributed by atoms with Gasteiger partial charge in [0.2, 0.25) is 0 Å². The van der Waals surface area contributed by atoms with Crippen molar-refractivity contribution in [3.05, 3.63) is 12.7 Å². The van der Waals surface area contributed by atoms with Gasteiger partial charge in [-0.25, -0.2) is 0 Å². The molecule has 2 N–H and O–H groups in total. The third-order valence-electron chi connectivity index (χ3n) is 1.68. The highest BCUT2D eigenvalue weighted by Crippen LogP contribution is 2.05. The number of rotatable bonds is 7. The van der Waals surface area contributed by atoms with Crippen molar-refractivity contribution < 1.29 is 10.2 Å². The first-order valence-corrected chi connectivity index (χ1v) is 4.22. The molecule has 66 valence electrons. The molecule has 2 nitrogen and oxygen atoms in total. The maximum Gasteiger partial charge on any atom is 0.0718 e. The Bertz CT molecular complexity index is 91.6. The van der Waals surface area contributed by atoms with Gasteiger partial charge in [-0.05, 0) is 12.8 Å². The summed E-state index contributed by atoms with van der Waals surface area (Å²) in [5.41, 5.74) is 0. The van der Waals surface area contributed by atoms with Crippen LogP contribution in [0.4, 0.5) is 0 Å². The lowest BCUT2D eigenvalue weighted by atomic mass is 10.1. The number of aliphatic hydroxyl groups excluding tert-OH is 2. The summed E-state index contributed by atoms with van der Waals surface area (Å²) in [6, 6.07) is 0. The second-order valence-electron chi connectivity index (χ2n) is 2.73. The molecular weight excluding hydrogens is 140 g/mol. The molecule has 0 saturated heterocycles. The second-order valence-corrected chi connectivity index (χ2v) is 2.73. The molecule has 0 heterocycles. The van der Waals surface area contributed by atoms with Gasteiger partial charge in [-0.3, -0.25) is 0 Å². The fraction of sp³-hybridized carbons (Fsp3) is 0.778. The molecule has 11 heavy (non-hydrogen) atoms. The van der Waals surface area contributed by atoms with Crippen LogP contribution in [0.5, 0.6) is 0 Å². The molecular formula is C9H18O2. The van der Waals surface area contributed by atoms with Gasteiger partial charge in [-0.1, -0.05) is 25.3 Å². The molecule has 0 saturated carbocycles. The van der Waals surface area contributed by atoms with Crippen molar-refractivity contribution in [3.8, 4) is 0 Å². The van der Waals surface area contributed by atoms with Crippen molar-refractivity contribution >= 4 is 0 Å². The van der Waals surface area contributed by atoms with Crippen LogP contribution in [0.1, 0.15) is 32.1 Å². The summed E-state index contributed by atoms with van der Waals surface area (Å²) in [6.45, 7) is 3.77. The Morgan fingerprint density at radius 2 is 1.82 bits per heavy atom. The van der Waals surface area contributed by atoms with Crippen LogP contribution in [-0.4, -0.2) is 22.9 Å². The smallest absolute Gasteiger partial charge is 0.0718 e. The minimum Gasteiger partial charge on any atom is -0.396 e. The average molecular weight is 158 g/mol. The van der Waals surface area contributed by atoms with E-state index >= 15 is 0 Å². The highest BCUT2D eigenvalue weighted by atomic mass is 16.3. The summed E-state index contributed by atoms with van der Waals surface area (Å²) >= 11 is 0. The van der Waals surface area contributed by atoms with E-state index in [9.17, 15) is 0 Å². The first-order chi connectivity index (χ1) is 5.31. The van der Waals surface area contributed by atoms with Gasteiger partial charge < -0.3 is 10.2 Å². The fourth-order valence-corrected chi connectivity index (χ4v) is 0.937. The molecule has 0 aromatic heterocycles. The maximum atomic E-state index is 9.05. The normalized spacial score (nSPS) is 12.9. The lowest BCUT2D eigenvalue weighted by Crippen LogP contribution is -2.00. The molecule has 0 aliphatic rings. The SMILES string of the molecule is C=CC(O)CCCCCCO. The molecule has 0 radical (unpaired) electrons. The van der Waals surface area contributed by atoms with E-state index in [4.69, 9.17) is 10.2 Å². The van der Waals surface area contributed by atoms with E-state index in [1.54, 1.807) is 6.08 Å². The van der Waals surface area contributed by atoms with Crippen LogP contribution >= 0.6 is 0 Å². The van der Waals surface area contributed by atoms with E-state index < -0.39 is 0 Å². The highest BCUT2D eigenvalue weighted by molar-refractivity contribution is 4.77. The standard InChI is InChI=1S/C9H18O2/c1-2-9(11)7-5-3-4-6-8-10/h2,9-11H,1,3-8H2. The molecule has 0 spiro atoms. The zero-order chi connectivity index (χ0) is 8.53. The van der Waals surface area contributed by atoms with Gasteiger partial charge >= 0.3 is 0 Å². The summed E-state index contributed by atoms with van der Waals surface area (Å²) in [6.07, 6.45) is 6.06. The summed E-state index contributed by atoms with van der Waals surface area (Å²) < 4.78 is 0. The van der Waals surface area contributed by atoms with Crippen LogP contribution in [0.3, 0.4) is 0 Å². The minimum atomic E-state index is -0.343. The predicted octanol–water partition coefficient (Wildman–Crippen LogP) is 1.48. The van der Waals surface area contributed by atoms with E-state index in [1.165, 1.54) is 0 Å². The number of unbranched alkanes of at least 4 members (excludes halogenated alkanes) is 3. The van der Waals surface area contributed by atoms with Crippen LogP contribution in [0, 0.1) is 0 Å². The third kappa shape index (κ3) is 7.56. The van der Waals surface area contributed by atoms with Gasteiger partial charge in [0.1, 0.15) is 0 Å². The summed E-state index contributed by atoms with van der Waals surface area (Å²) in [4.78, 5) is 0. The van der Waals surface area contributed by atoms with Crippen LogP contribution in [0.15, 0.2) is 12.7 Å². The Labute approximate surface area is 68.6 Å². The number of hydrogen-bond acceptors (Lipinski definition) is 2. The first kappa shape index (κ1) is 10.7. The van der Waals surface area contributed by atoms with E-state index in [0.29, 0.717) is 0 Å². The first-order valence-electron chi connectivity index (χ1n) is 4.22. The van der Waals surface area contributed by atoms with E-state index in [1.807, 2.05) is 0 Å². The monoisotopic (exact) mass is 158 g/mol. The van der Waals surface area contributed by atoms with Crippen molar-refractivity contribution in [3.63, 3.8) is 0 Å². The maximum absolute atomic E-state index is 9.05. The van der Waals surface area contributed by atoms with Crippen molar-refractivity contribution in [2.24, 2.45) is 0 Å². The molecule has 0 rings (SSSR count). The molecule has 0 amide bonds. The minimum absolute atomic E-state index is 0.282. The van der Waals surface area contributed by atoms with Crippen molar-refractivity contribution in [1.82, 2.24) is 0 Å². The van der Waals surface area contributed by atoms with E-state index in [2.05, 4.69) is 6.58 Å². The van der Waals surface area contributed by atoms with Crippen LogP contribution in [0.25, 0.3) is 0 Å². The van der Waals surface area contributed by atoms with Gasteiger partial charge in [-0.15, -0.1) is 6.58 Å². The van der Waals surface area contributed by atoms with Crippen molar-refractivity contribution in [1.29, 1.82) is 0 Å². The molecule has 1 unspecified atom stereocenters. The van der Waals surface area contributed by atoms with Crippen molar-refractivity contribution in [2.45, 2.75) is 38.2 Å². The molecule has 1 atom stereocenters.